The molecule has 0 spiro atoms. The van der Waals surface area contributed by atoms with Crippen LogP contribution >= 0.6 is 0 Å². The molecule has 1 aromatic heterocycles. The molecule has 8 nitrogen and oxygen atoms in total. The van der Waals surface area contributed by atoms with Gasteiger partial charge in [-0.15, -0.1) is 0 Å². The molecule has 0 bridgehead atoms. The molecule has 0 saturated heterocycles. The van der Waals surface area contributed by atoms with Gasteiger partial charge in [-0.3, -0.25) is 4.72 Å². The van der Waals surface area contributed by atoms with Gasteiger partial charge in [0.1, 0.15) is 5.75 Å². The summed E-state index contributed by atoms with van der Waals surface area (Å²) in [5.41, 5.74) is 2.80. The zero-order chi connectivity index (χ0) is 24.2. The van der Waals surface area contributed by atoms with Gasteiger partial charge < -0.3 is 15.2 Å². The maximum atomic E-state index is 13.1. The third-order valence-corrected chi connectivity index (χ3v) is 6.58. The lowest BCUT2D eigenvalue weighted by Gasteiger charge is -2.15. The molecule has 0 unspecified atom stereocenters. The van der Waals surface area contributed by atoms with Gasteiger partial charge in [0.25, 0.3) is 10.0 Å². The Kier molecular flexibility index (Phi) is 6.89. The highest BCUT2D eigenvalue weighted by Gasteiger charge is 2.20. The van der Waals surface area contributed by atoms with E-state index < -0.39 is 16.0 Å². The van der Waals surface area contributed by atoms with E-state index in [0.717, 1.165) is 5.56 Å². The van der Waals surface area contributed by atoms with E-state index in [-0.39, 0.29) is 10.6 Å². The first kappa shape index (κ1) is 23.6. The summed E-state index contributed by atoms with van der Waals surface area (Å²) in [6, 6.07) is 11.5. The van der Waals surface area contributed by atoms with Crippen molar-refractivity contribution in [3.05, 3.63) is 76.6 Å². The Morgan fingerprint density at radius 2 is 1.79 bits per heavy atom. The van der Waals surface area contributed by atoms with Crippen molar-refractivity contribution in [2.45, 2.75) is 18.7 Å². The van der Waals surface area contributed by atoms with Crippen LogP contribution in [0.4, 0.5) is 11.4 Å². The molecule has 0 aliphatic heterocycles. The lowest BCUT2D eigenvalue weighted by atomic mass is 10.1. The highest BCUT2D eigenvalue weighted by atomic mass is 32.2. The summed E-state index contributed by atoms with van der Waals surface area (Å²) in [4.78, 5) is 15.3. The van der Waals surface area contributed by atoms with Gasteiger partial charge in [-0.25, -0.2) is 18.2 Å². The minimum atomic E-state index is -3.88. The lowest BCUT2D eigenvalue weighted by molar-refractivity contribution is 0.0691. The number of aromatic nitrogens is 1. The first-order valence-electron chi connectivity index (χ1n) is 9.87. The Labute approximate surface area is 192 Å². The zero-order valence-electron chi connectivity index (χ0n) is 18.6. The molecule has 0 atom stereocenters. The standard InChI is InChI=1S/C24H23N3O5S/c1-15-16(2)22(12-11-21(15)32-4)33(30,31)27-19-8-6-5-7-18(19)10-9-17-13-20(25-3)23(24(28)29)26-14-17/h5-8,11-14,25,27H,1-4H3,(H,28,29). The van der Waals surface area contributed by atoms with E-state index in [4.69, 9.17) is 4.74 Å². The van der Waals surface area contributed by atoms with Crippen molar-refractivity contribution in [1.82, 2.24) is 4.98 Å². The molecular formula is C24H23N3O5S. The number of nitrogens with one attached hydrogen (secondary N) is 2. The molecule has 0 amide bonds. The van der Waals surface area contributed by atoms with E-state index in [1.165, 1.54) is 19.4 Å². The van der Waals surface area contributed by atoms with Crippen molar-refractivity contribution < 1.29 is 23.1 Å². The maximum absolute atomic E-state index is 13.1. The summed E-state index contributed by atoms with van der Waals surface area (Å²) in [7, 11) is -0.758. The molecule has 9 heteroatoms. The summed E-state index contributed by atoms with van der Waals surface area (Å²) in [5, 5.41) is 12.0. The van der Waals surface area contributed by atoms with Crippen LogP contribution in [0.3, 0.4) is 0 Å². The Hall–Kier alpha value is -4.03. The molecule has 0 saturated carbocycles. The second kappa shape index (κ2) is 9.63. The first-order valence-corrected chi connectivity index (χ1v) is 11.4. The number of methoxy groups -OCH3 is 1. The Balaban J connectivity index is 1.96. The lowest BCUT2D eigenvalue weighted by Crippen LogP contribution is -2.15. The van der Waals surface area contributed by atoms with Gasteiger partial charge in [0.15, 0.2) is 5.69 Å². The number of rotatable bonds is 6. The number of nitrogens with zero attached hydrogens (tertiary/aromatic N) is 1. The van der Waals surface area contributed by atoms with Crippen LogP contribution in [0.5, 0.6) is 5.75 Å². The fourth-order valence-electron chi connectivity index (χ4n) is 3.20. The second-order valence-electron chi connectivity index (χ2n) is 7.09. The maximum Gasteiger partial charge on any atom is 0.356 e. The average molecular weight is 466 g/mol. The number of para-hydroxylation sites is 1. The summed E-state index contributed by atoms with van der Waals surface area (Å²) in [6.07, 6.45) is 1.35. The van der Waals surface area contributed by atoms with Crippen molar-refractivity contribution in [3.63, 3.8) is 0 Å². The number of anilines is 2. The number of hydrogen-bond acceptors (Lipinski definition) is 6. The molecular weight excluding hydrogens is 442 g/mol. The van der Waals surface area contributed by atoms with Crippen LogP contribution in [0.2, 0.25) is 0 Å². The number of carboxylic acid groups (broad SMARTS) is 1. The Morgan fingerprint density at radius 3 is 2.45 bits per heavy atom. The van der Waals surface area contributed by atoms with E-state index in [0.29, 0.717) is 33.8 Å². The van der Waals surface area contributed by atoms with Gasteiger partial charge in [-0.2, -0.15) is 0 Å². The normalized spacial score (nSPS) is 10.7. The number of ether oxygens (including phenoxy) is 1. The number of aromatic carboxylic acids is 1. The van der Waals surface area contributed by atoms with E-state index in [1.807, 2.05) is 0 Å². The first-order chi connectivity index (χ1) is 15.7. The second-order valence-corrected chi connectivity index (χ2v) is 8.74. The van der Waals surface area contributed by atoms with Crippen molar-refractivity contribution >= 4 is 27.4 Å². The van der Waals surface area contributed by atoms with Crippen LogP contribution in [-0.2, 0) is 10.0 Å². The smallest absolute Gasteiger partial charge is 0.356 e. The molecule has 0 aliphatic carbocycles. The largest absolute Gasteiger partial charge is 0.496 e. The molecule has 2 aromatic carbocycles. The fraction of sp³-hybridized carbons (Fsp3) is 0.167. The molecule has 170 valence electrons. The number of hydrogen-bond donors (Lipinski definition) is 3. The predicted molar refractivity (Wildman–Crippen MR) is 126 cm³/mol. The van der Waals surface area contributed by atoms with Gasteiger partial charge in [0, 0.05) is 24.4 Å². The molecule has 1 heterocycles. The molecule has 3 rings (SSSR count). The van der Waals surface area contributed by atoms with Crippen molar-refractivity contribution in [1.29, 1.82) is 0 Å². The van der Waals surface area contributed by atoms with Gasteiger partial charge in [-0.1, -0.05) is 24.0 Å². The molecule has 3 aromatic rings. The summed E-state index contributed by atoms with van der Waals surface area (Å²) in [5.74, 6) is 5.30. The quantitative estimate of drug-likeness (QED) is 0.476. The summed E-state index contributed by atoms with van der Waals surface area (Å²) < 4.78 is 34.1. The molecule has 33 heavy (non-hydrogen) atoms. The highest BCUT2D eigenvalue weighted by molar-refractivity contribution is 7.92. The van der Waals surface area contributed by atoms with Crippen molar-refractivity contribution in [2.24, 2.45) is 0 Å². The minimum Gasteiger partial charge on any atom is -0.496 e. The van der Waals surface area contributed by atoms with E-state index in [9.17, 15) is 18.3 Å². The van der Waals surface area contributed by atoms with Crippen molar-refractivity contribution in [3.8, 4) is 17.6 Å². The van der Waals surface area contributed by atoms with Crippen LogP contribution in [0, 0.1) is 25.7 Å². The SMILES string of the molecule is CNc1cc(C#Cc2ccccc2NS(=O)(=O)c2ccc(OC)c(C)c2C)cnc1C(=O)O. The molecule has 0 aliphatic rings. The van der Waals surface area contributed by atoms with Gasteiger partial charge in [0.05, 0.1) is 23.4 Å². The average Bonchev–Trinajstić information content (AvgIpc) is 2.79. The van der Waals surface area contributed by atoms with E-state index in [2.05, 4.69) is 26.9 Å². The van der Waals surface area contributed by atoms with E-state index >= 15 is 0 Å². The summed E-state index contributed by atoms with van der Waals surface area (Å²) in [6.45, 7) is 3.53. The third kappa shape index (κ3) is 5.07. The van der Waals surface area contributed by atoms with Gasteiger partial charge in [-0.05, 0) is 55.3 Å². The predicted octanol–water partition coefficient (Wildman–Crippen LogP) is 3.65. The monoisotopic (exact) mass is 465 g/mol. The molecule has 0 radical (unpaired) electrons. The fourth-order valence-corrected chi connectivity index (χ4v) is 4.58. The number of carbonyl (C=O) groups is 1. The molecule has 0 fully saturated rings. The van der Waals surface area contributed by atoms with Crippen LogP contribution < -0.4 is 14.8 Å². The third-order valence-electron chi connectivity index (χ3n) is 5.07. The zero-order valence-corrected chi connectivity index (χ0v) is 19.4. The summed E-state index contributed by atoms with van der Waals surface area (Å²) >= 11 is 0. The van der Waals surface area contributed by atoms with E-state index in [1.54, 1.807) is 57.3 Å². The highest BCUT2D eigenvalue weighted by Crippen LogP contribution is 2.28. The van der Waals surface area contributed by atoms with Crippen LogP contribution in [0.1, 0.15) is 32.7 Å². The Bertz CT molecular complexity index is 1390. The minimum absolute atomic E-state index is 0.110. The topological polar surface area (TPSA) is 118 Å². The van der Waals surface area contributed by atoms with Gasteiger partial charge >= 0.3 is 5.97 Å². The number of pyridine rings is 1. The number of carboxylic acids is 1. The van der Waals surface area contributed by atoms with Gasteiger partial charge in [0.2, 0.25) is 0 Å². The Morgan fingerprint density at radius 1 is 1.06 bits per heavy atom. The number of sulfonamides is 1. The van der Waals surface area contributed by atoms with Crippen LogP contribution in [0.15, 0.2) is 53.6 Å². The van der Waals surface area contributed by atoms with Crippen LogP contribution in [-0.4, -0.2) is 38.6 Å². The molecule has 3 N–H and O–H groups in total. The number of benzene rings is 2. The van der Waals surface area contributed by atoms with Crippen LogP contribution in [0.25, 0.3) is 0 Å². The van der Waals surface area contributed by atoms with Crippen molar-refractivity contribution in [2.75, 3.05) is 24.2 Å².